The molecule has 462 valence electrons. The number of unbranched alkanes of at least 4 members (excludes halogenated alkanes) is 1. The zero-order chi connectivity index (χ0) is 58.4. The van der Waals surface area contributed by atoms with E-state index in [-0.39, 0.29) is 34.5 Å². The van der Waals surface area contributed by atoms with Gasteiger partial charge in [0.15, 0.2) is 34.5 Å². The lowest BCUT2D eigenvalue weighted by molar-refractivity contribution is 0.121. The maximum atomic E-state index is 14.3. The predicted octanol–water partition coefficient (Wildman–Crippen LogP) is 20.7. The van der Waals surface area contributed by atoms with Crippen LogP contribution < -0.4 is 28.4 Å². The van der Waals surface area contributed by atoms with Crippen LogP contribution in [-0.4, -0.2) is 40.1 Å². The molecule has 0 amide bonds. The molecule has 6 nitrogen and oxygen atoms in total. The molecule has 3 aromatic carbocycles. The van der Waals surface area contributed by atoms with E-state index in [0.717, 1.165) is 105 Å². The molecule has 0 unspecified atom stereocenters. The summed E-state index contributed by atoms with van der Waals surface area (Å²) in [7, 11) is 1.32. The third kappa shape index (κ3) is 19.0. The summed E-state index contributed by atoms with van der Waals surface area (Å²) in [5, 5.41) is 0. The molecule has 0 atom stereocenters. The Hall–Kier alpha value is -3.96. The third-order valence-electron chi connectivity index (χ3n) is 20.8. The van der Waals surface area contributed by atoms with E-state index in [4.69, 9.17) is 28.4 Å². The Morgan fingerprint density at radius 1 is 0.305 bits per heavy atom. The Balaban J connectivity index is 0.000000177. The van der Waals surface area contributed by atoms with Crippen molar-refractivity contribution in [1.29, 1.82) is 0 Å². The second kappa shape index (κ2) is 34.3. The van der Waals surface area contributed by atoms with Gasteiger partial charge in [-0.2, -0.15) is 26.3 Å². The van der Waals surface area contributed by atoms with Crippen LogP contribution in [0.5, 0.6) is 34.5 Å². The van der Waals surface area contributed by atoms with E-state index in [0.29, 0.717) is 50.8 Å². The first-order chi connectivity index (χ1) is 39.9. The molecule has 0 spiro atoms. The lowest BCUT2D eigenvalue weighted by Gasteiger charge is -2.37. The van der Waals surface area contributed by atoms with Crippen LogP contribution in [0.3, 0.4) is 0 Å². The van der Waals surface area contributed by atoms with Gasteiger partial charge >= 0.3 is 0 Å². The van der Waals surface area contributed by atoms with Crippen molar-refractivity contribution in [3.05, 3.63) is 71.3 Å². The SMILES string of the molecule is CCC1CCC(C2CCC(COc3ccc(OC)c(F)c3F)CC2)CC1.CCCCOc1ccc(OCC2CCC(C3CCC(CC)CC3)CC2)c(F)c1F.CCOc1ccc(OCC2CCC(C3CCC(CC)CC3)CC2)c(F)c1F. The Labute approximate surface area is 490 Å². The van der Waals surface area contributed by atoms with Gasteiger partial charge in [-0.1, -0.05) is 91.9 Å². The van der Waals surface area contributed by atoms with Gasteiger partial charge in [0.25, 0.3) is 0 Å². The fraction of sp³-hybridized carbons (Fsp3) is 0.743. The lowest BCUT2D eigenvalue weighted by Crippen LogP contribution is -2.27. The molecule has 0 heterocycles. The largest absolute Gasteiger partial charge is 0.494 e. The Kier molecular flexibility index (Phi) is 27.4. The second-order valence-electron chi connectivity index (χ2n) is 25.8. The fourth-order valence-corrected chi connectivity index (χ4v) is 15.0. The molecular formula is C70H104F6O6. The zero-order valence-electron chi connectivity index (χ0n) is 51.2. The number of halogens is 6. The summed E-state index contributed by atoms with van der Waals surface area (Å²) in [6, 6.07) is 8.76. The first-order valence-corrected chi connectivity index (χ1v) is 33.0. The molecule has 6 saturated carbocycles. The summed E-state index contributed by atoms with van der Waals surface area (Å²) in [6.45, 7) is 12.8. The number of hydrogen-bond acceptors (Lipinski definition) is 6. The molecule has 0 N–H and O–H groups in total. The molecule has 6 fully saturated rings. The maximum absolute atomic E-state index is 14.3. The van der Waals surface area contributed by atoms with Gasteiger partial charge in [0.1, 0.15) is 0 Å². The van der Waals surface area contributed by atoms with Crippen LogP contribution in [0.25, 0.3) is 0 Å². The summed E-state index contributed by atoms with van der Waals surface area (Å²) in [4.78, 5) is 0. The van der Waals surface area contributed by atoms with E-state index in [1.165, 1.54) is 178 Å². The standard InChI is InChI=1S/C25H38F2O2.C23H34F2O2.C22H32F2O2/c1-3-5-16-28-22-14-15-23(25(27)24(22)26)29-17-19-8-12-21(13-9-19)20-10-6-18(4-2)7-11-20;1-3-16-5-9-18(10-6-16)19-11-7-17(8-12-19)15-27-21-14-13-20(26-4-2)22(24)23(21)25;1-3-15-4-8-17(9-5-15)18-10-6-16(7-11-18)14-26-20-13-12-19(25-2)21(23)22(20)24/h14-15,18-21H,3-13,16-17H2,1-2H3;13-14,16-19H,3-12,15H2,1-2H3;12-13,15-18H,3-11,14H2,1-2H3. The van der Waals surface area contributed by atoms with Crippen molar-refractivity contribution in [2.24, 2.45) is 71.0 Å². The van der Waals surface area contributed by atoms with Crippen LogP contribution >= 0.6 is 0 Å². The van der Waals surface area contributed by atoms with Crippen molar-refractivity contribution in [3.8, 4) is 34.5 Å². The van der Waals surface area contributed by atoms with Gasteiger partial charge in [-0.25, -0.2) is 0 Å². The van der Waals surface area contributed by atoms with Crippen molar-refractivity contribution in [2.45, 2.75) is 221 Å². The van der Waals surface area contributed by atoms with Gasteiger partial charge < -0.3 is 28.4 Å². The first-order valence-electron chi connectivity index (χ1n) is 33.0. The van der Waals surface area contributed by atoms with Gasteiger partial charge in [-0.05, 0) is 236 Å². The molecular weight excluding hydrogens is 1050 g/mol. The van der Waals surface area contributed by atoms with Crippen LogP contribution in [0.1, 0.15) is 221 Å². The first kappa shape index (κ1) is 65.6. The predicted molar refractivity (Wildman–Crippen MR) is 317 cm³/mol. The Bertz CT molecular complexity index is 2280. The Morgan fingerprint density at radius 2 is 0.537 bits per heavy atom. The van der Waals surface area contributed by atoms with Crippen LogP contribution in [0.2, 0.25) is 0 Å². The maximum Gasteiger partial charge on any atom is 0.204 e. The van der Waals surface area contributed by atoms with Gasteiger partial charge in [-0.3, -0.25) is 0 Å². The van der Waals surface area contributed by atoms with Crippen LogP contribution in [0.15, 0.2) is 36.4 Å². The minimum absolute atomic E-state index is 0.00374. The molecule has 0 bridgehead atoms. The molecule has 6 aliphatic carbocycles. The van der Waals surface area contributed by atoms with E-state index < -0.39 is 34.9 Å². The minimum atomic E-state index is -0.976. The van der Waals surface area contributed by atoms with Crippen molar-refractivity contribution in [2.75, 3.05) is 40.1 Å². The van der Waals surface area contributed by atoms with Crippen LogP contribution in [0, 0.1) is 106 Å². The zero-order valence-corrected chi connectivity index (χ0v) is 51.2. The summed E-state index contributed by atoms with van der Waals surface area (Å²) in [6.07, 6.45) is 37.0. The van der Waals surface area contributed by atoms with Gasteiger partial charge in [0.05, 0.1) is 40.1 Å². The van der Waals surface area contributed by atoms with Crippen molar-refractivity contribution in [3.63, 3.8) is 0 Å². The Morgan fingerprint density at radius 3 is 0.780 bits per heavy atom. The average molecular weight is 1160 g/mol. The van der Waals surface area contributed by atoms with E-state index in [1.807, 2.05) is 6.92 Å². The number of benzene rings is 3. The van der Waals surface area contributed by atoms with Gasteiger partial charge in [-0.15, -0.1) is 0 Å². The lowest BCUT2D eigenvalue weighted by atomic mass is 9.69. The monoisotopic (exact) mass is 1150 g/mol. The molecule has 82 heavy (non-hydrogen) atoms. The molecule has 0 saturated heterocycles. The van der Waals surface area contributed by atoms with Crippen molar-refractivity contribution in [1.82, 2.24) is 0 Å². The second-order valence-corrected chi connectivity index (χ2v) is 25.8. The average Bonchev–Trinajstić information content (AvgIpc) is 3.65. The third-order valence-corrected chi connectivity index (χ3v) is 20.8. The number of hydrogen-bond donors (Lipinski definition) is 0. The molecule has 0 radical (unpaired) electrons. The fourth-order valence-electron chi connectivity index (χ4n) is 15.0. The summed E-state index contributed by atoms with van der Waals surface area (Å²) in [5.74, 6) is 3.63. The summed E-state index contributed by atoms with van der Waals surface area (Å²) >= 11 is 0. The molecule has 6 aliphatic rings. The highest BCUT2D eigenvalue weighted by Gasteiger charge is 2.34. The normalized spacial score (nSPS) is 28.5. The molecule has 12 heteroatoms. The highest BCUT2D eigenvalue weighted by Crippen LogP contribution is 2.46. The number of methoxy groups -OCH3 is 1. The van der Waals surface area contributed by atoms with E-state index in [9.17, 15) is 26.3 Å². The number of rotatable bonds is 22. The van der Waals surface area contributed by atoms with Gasteiger partial charge in [0.2, 0.25) is 34.9 Å². The topological polar surface area (TPSA) is 55.4 Å². The summed E-state index contributed by atoms with van der Waals surface area (Å²) < 4.78 is 116. The highest BCUT2D eigenvalue weighted by atomic mass is 19.2. The van der Waals surface area contributed by atoms with Crippen LogP contribution in [-0.2, 0) is 0 Å². The summed E-state index contributed by atoms with van der Waals surface area (Å²) in [5.41, 5.74) is 0. The smallest absolute Gasteiger partial charge is 0.204 e. The van der Waals surface area contributed by atoms with Crippen LogP contribution in [0.4, 0.5) is 26.3 Å². The van der Waals surface area contributed by atoms with Gasteiger partial charge in [0, 0.05) is 0 Å². The van der Waals surface area contributed by atoms with E-state index >= 15 is 0 Å². The number of ether oxygens (including phenoxy) is 6. The molecule has 0 aromatic heterocycles. The van der Waals surface area contributed by atoms with Crippen molar-refractivity contribution < 1.29 is 54.8 Å². The van der Waals surface area contributed by atoms with Crippen molar-refractivity contribution >= 4 is 0 Å². The van der Waals surface area contributed by atoms with E-state index in [2.05, 4.69) is 20.8 Å². The quantitative estimate of drug-likeness (QED) is 0.0738. The molecule has 9 rings (SSSR count). The molecule has 3 aromatic rings. The molecule has 0 aliphatic heterocycles. The van der Waals surface area contributed by atoms with E-state index in [1.54, 1.807) is 6.92 Å². The highest BCUT2D eigenvalue weighted by molar-refractivity contribution is 5.37. The minimum Gasteiger partial charge on any atom is -0.494 e.